The van der Waals surface area contributed by atoms with Crippen LogP contribution < -0.4 is 0 Å². The highest BCUT2D eigenvalue weighted by Crippen LogP contribution is 2.53. The molecule has 6 heterocycles. The molecule has 0 spiro atoms. The van der Waals surface area contributed by atoms with Crippen LogP contribution in [0.2, 0.25) is 0 Å². The lowest BCUT2D eigenvalue weighted by atomic mass is 9.78. The Morgan fingerprint density at radius 2 is 0.657 bits per heavy atom. The van der Waals surface area contributed by atoms with E-state index in [0.717, 1.165) is 27.8 Å². The second-order valence-electron chi connectivity index (χ2n) is 36.0. The van der Waals surface area contributed by atoms with Crippen LogP contribution in [0, 0.1) is 0 Å². The second-order valence-corrected chi connectivity index (χ2v) is 36.0. The second kappa shape index (κ2) is 21.6. The molecular formula is C98H91N3O. The van der Waals surface area contributed by atoms with Gasteiger partial charge in [0, 0.05) is 65.1 Å². The summed E-state index contributed by atoms with van der Waals surface area (Å²) in [4.78, 5) is 0. The summed E-state index contributed by atoms with van der Waals surface area (Å²) in [7, 11) is 0. The summed E-state index contributed by atoms with van der Waals surface area (Å²) in [6.07, 6.45) is 0. The van der Waals surface area contributed by atoms with Crippen molar-refractivity contribution in [1.82, 2.24) is 13.4 Å². The molecule has 0 fully saturated rings. The Balaban J connectivity index is 1.01. The van der Waals surface area contributed by atoms with Crippen LogP contribution in [-0.4, -0.2) is 13.4 Å². The number of rotatable bonds is 6. The van der Waals surface area contributed by atoms with Gasteiger partial charge in [-0.25, -0.2) is 0 Å². The van der Waals surface area contributed by atoms with Crippen molar-refractivity contribution < 1.29 is 4.42 Å². The number of fused-ring (bicyclic) bond motifs is 18. The molecule has 4 heteroatoms. The van der Waals surface area contributed by atoms with Crippen LogP contribution in [0.15, 0.2) is 229 Å². The van der Waals surface area contributed by atoms with E-state index < -0.39 is 0 Å². The van der Waals surface area contributed by atoms with Crippen LogP contribution >= 0.6 is 0 Å². The highest BCUT2D eigenvalue weighted by molar-refractivity contribution is 6.36. The Morgan fingerprint density at radius 1 is 0.235 bits per heavy atom. The van der Waals surface area contributed by atoms with Gasteiger partial charge in [-0.3, -0.25) is 4.40 Å². The monoisotopic (exact) mass is 1330 g/mol. The molecule has 18 aromatic rings. The fourth-order valence-electron chi connectivity index (χ4n) is 16.8. The summed E-state index contributed by atoms with van der Waals surface area (Å²) >= 11 is 0. The van der Waals surface area contributed by atoms with Gasteiger partial charge in [0.2, 0.25) is 5.71 Å². The van der Waals surface area contributed by atoms with Crippen LogP contribution in [0.25, 0.3) is 170 Å². The smallest absolute Gasteiger partial charge is 0.213 e. The van der Waals surface area contributed by atoms with Crippen molar-refractivity contribution >= 4 is 109 Å². The molecule has 0 radical (unpaired) electrons. The largest absolute Gasteiger partial charge is 0.439 e. The van der Waals surface area contributed by atoms with E-state index in [0.29, 0.717) is 0 Å². The highest BCUT2D eigenvalue weighted by Gasteiger charge is 2.32. The van der Waals surface area contributed by atoms with Crippen LogP contribution in [0.1, 0.15) is 158 Å². The third kappa shape index (κ3) is 9.82. The number of hydrogen-bond donors (Lipinski definition) is 0. The standard InChI is InChI=1S/C98H91N3O/c1-93(2,3)65-39-59(40-66(53-65)94(4,5)6)62-47-75(58-35-37-83-76(46-58)72-31-22-24-33-82(72)99(83)71-30-26-29-57(45-71)56-27-20-19-21-28-56)88-78(49-62)79-50-64(61-43-69(97(13,14)15)55-70(44-61)98(16,17)18)52-81-87-84(100(88)89(79)81)38-36-73-77-48-63(60-41-67(95(7,8)9)54-68(42-60)96(10,11)12)51-80-86-74-32-23-25-34-85(74)102-92(86)101(90(77)80)91(73)87/h19-55H,1-18H3. The molecule has 4 nitrogen and oxygen atoms in total. The first-order valence-corrected chi connectivity index (χ1v) is 36.9. The Hall–Kier alpha value is -10.4. The number of benzene rings is 12. The van der Waals surface area contributed by atoms with Gasteiger partial charge in [0.05, 0.1) is 44.0 Å². The topological polar surface area (TPSA) is 26.9 Å². The fraction of sp³-hybridized carbons (Fsp3) is 0.245. The van der Waals surface area contributed by atoms with E-state index in [4.69, 9.17) is 4.42 Å². The number of furan rings is 1. The summed E-state index contributed by atoms with van der Waals surface area (Å²) in [5.74, 6) is 0. The van der Waals surface area contributed by atoms with Crippen molar-refractivity contribution in [3.8, 4) is 61.3 Å². The minimum absolute atomic E-state index is 0.0534. The number of hydrogen-bond acceptors (Lipinski definition) is 1. The van der Waals surface area contributed by atoms with Gasteiger partial charge in [-0.15, -0.1) is 0 Å². The Kier molecular flexibility index (Phi) is 13.5. The average molecular weight is 1330 g/mol. The maximum Gasteiger partial charge on any atom is 0.213 e. The maximum atomic E-state index is 7.33. The van der Waals surface area contributed by atoms with E-state index in [1.807, 2.05) is 0 Å². The Bertz CT molecular complexity index is 6430. The molecule has 18 rings (SSSR count). The molecule has 0 bridgehead atoms. The number of aromatic nitrogens is 3. The Morgan fingerprint density at radius 3 is 1.22 bits per heavy atom. The minimum Gasteiger partial charge on any atom is -0.439 e. The third-order valence-electron chi connectivity index (χ3n) is 22.7. The van der Waals surface area contributed by atoms with Crippen LogP contribution in [-0.2, 0) is 32.5 Å². The minimum atomic E-state index is -0.0952. The summed E-state index contributed by atoms with van der Waals surface area (Å²) in [6, 6.07) is 87.1. The molecule has 0 N–H and O–H groups in total. The van der Waals surface area contributed by atoms with Gasteiger partial charge >= 0.3 is 0 Å². The summed E-state index contributed by atoms with van der Waals surface area (Å²) in [6.45, 7) is 42.4. The lowest BCUT2D eigenvalue weighted by molar-refractivity contribution is 0.568. The molecule has 102 heavy (non-hydrogen) atoms. The average Bonchev–Trinajstić information content (AvgIpc) is 1.50. The summed E-state index contributed by atoms with van der Waals surface area (Å²) in [5.41, 5.74) is 30.8. The SMILES string of the molecule is CC(C)(C)c1cc(-c2cc(-c3ccc4c(c3)c3ccccc3n4-c3cccc(-c4ccccc4)c3)c3c(c2)c2cc(-c4cc(C(C)(C)C)cc(C(C)(C)C)c4)cc4c5c(ccc6c7cc(-c8cc(C(C)(C)C)cc(C(C)(C)C)c8)cc8c9c%10ccccc%10oc9n(c78)c65)n3c24)cc(C(C)(C)C)c1. The molecule has 0 aliphatic heterocycles. The van der Waals surface area contributed by atoms with Gasteiger partial charge in [-0.2, -0.15) is 0 Å². The molecule has 6 aromatic heterocycles. The fourth-order valence-corrected chi connectivity index (χ4v) is 16.8. The molecular weight excluding hydrogens is 1240 g/mol. The first-order valence-electron chi connectivity index (χ1n) is 36.9. The molecule has 504 valence electrons. The van der Waals surface area contributed by atoms with Gasteiger partial charge in [0.15, 0.2) is 0 Å². The highest BCUT2D eigenvalue weighted by atomic mass is 16.3. The van der Waals surface area contributed by atoms with Gasteiger partial charge in [0.25, 0.3) is 0 Å². The molecule has 0 amide bonds. The van der Waals surface area contributed by atoms with Crippen molar-refractivity contribution in [2.24, 2.45) is 0 Å². The van der Waals surface area contributed by atoms with Crippen LogP contribution in [0.5, 0.6) is 0 Å². The van der Waals surface area contributed by atoms with Gasteiger partial charge in [-0.1, -0.05) is 270 Å². The zero-order valence-electron chi connectivity index (χ0n) is 62.6. The zero-order valence-corrected chi connectivity index (χ0v) is 62.6. The first-order chi connectivity index (χ1) is 48.3. The van der Waals surface area contributed by atoms with Crippen molar-refractivity contribution in [3.63, 3.8) is 0 Å². The van der Waals surface area contributed by atoms with Crippen molar-refractivity contribution in [2.45, 2.75) is 157 Å². The quantitative estimate of drug-likeness (QED) is 0.163. The lowest BCUT2D eigenvalue weighted by Crippen LogP contribution is -2.16. The molecule has 0 saturated carbocycles. The van der Waals surface area contributed by atoms with E-state index in [1.54, 1.807) is 0 Å². The zero-order chi connectivity index (χ0) is 71.0. The molecule has 0 atom stereocenters. The van der Waals surface area contributed by atoms with E-state index in [2.05, 4.69) is 362 Å². The predicted octanol–water partition coefficient (Wildman–Crippen LogP) is 28.0. The van der Waals surface area contributed by atoms with Crippen molar-refractivity contribution in [3.05, 3.63) is 258 Å². The lowest BCUT2D eigenvalue weighted by Gasteiger charge is -2.26. The van der Waals surface area contributed by atoms with Gasteiger partial charge in [0.1, 0.15) is 5.58 Å². The molecule has 0 unspecified atom stereocenters. The van der Waals surface area contributed by atoms with Gasteiger partial charge in [-0.05, 0) is 195 Å². The van der Waals surface area contributed by atoms with Crippen molar-refractivity contribution in [2.75, 3.05) is 0 Å². The van der Waals surface area contributed by atoms with E-state index in [1.165, 1.54) is 176 Å². The van der Waals surface area contributed by atoms with E-state index >= 15 is 0 Å². The Labute approximate surface area is 599 Å². The molecule has 0 aliphatic rings. The molecule has 0 saturated heterocycles. The normalized spacial score (nSPS) is 13.4. The maximum absolute atomic E-state index is 7.33. The third-order valence-corrected chi connectivity index (χ3v) is 22.7. The summed E-state index contributed by atoms with van der Waals surface area (Å²) < 4.78 is 15.0. The first kappa shape index (κ1) is 63.7. The van der Waals surface area contributed by atoms with Gasteiger partial charge < -0.3 is 13.4 Å². The van der Waals surface area contributed by atoms with Crippen LogP contribution in [0.4, 0.5) is 0 Å². The molecule has 0 aliphatic carbocycles. The van der Waals surface area contributed by atoms with Crippen molar-refractivity contribution in [1.29, 1.82) is 0 Å². The number of para-hydroxylation sites is 2. The predicted molar refractivity (Wildman–Crippen MR) is 439 cm³/mol. The van der Waals surface area contributed by atoms with E-state index in [-0.39, 0.29) is 32.5 Å². The summed E-state index contributed by atoms with van der Waals surface area (Å²) in [5, 5.41) is 13.3. The van der Waals surface area contributed by atoms with E-state index in [9.17, 15) is 0 Å². The van der Waals surface area contributed by atoms with Crippen LogP contribution in [0.3, 0.4) is 0 Å². The number of nitrogens with zero attached hydrogens (tertiary/aromatic N) is 3. The molecule has 12 aromatic carbocycles.